The van der Waals surface area contributed by atoms with Gasteiger partial charge in [-0.3, -0.25) is 0 Å². The molecule has 21 heavy (non-hydrogen) atoms. The molecule has 1 saturated carbocycles. The van der Waals surface area contributed by atoms with E-state index in [1.165, 1.54) is 0 Å². The lowest BCUT2D eigenvalue weighted by molar-refractivity contribution is 0.357. The van der Waals surface area contributed by atoms with Crippen molar-refractivity contribution in [3.8, 4) is 0 Å². The van der Waals surface area contributed by atoms with Crippen molar-refractivity contribution in [3.05, 3.63) is 24.3 Å². The number of sulfonamides is 1. The molecule has 0 bridgehead atoms. The normalized spacial score (nSPS) is 17.0. The van der Waals surface area contributed by atoms with Crippen LogP contribution < -0.4 is 10.0 Å². The monoisotopic (exact) mass is 310 g/mol. The average Bonchev–Trinajstić information content (AvgIpc) is 3.25. The van der Waals surface area contributed by atoms with Crippen molar-refractivity contribution in [2.75, 3.05) is 18.4 Å². The van der Waals surface area contributed by atoms with Crippen molar-refractivity contribution >= 4 is 15.7 Å². The molecular formula is C16H26N2O2S. The Bertz CT molecular complexity index is 560. The molecule has 2 rings (SSSR count). The maximum Gasteiger partial charge on any atom is 0.240 e. The molecule has 1 fully saturated rings. The number of anilines is 1. The van der Waals surface area contributed by atoms with Gasteiger partial charge in [0.25, 0.3) is 0 Å². The zero-order valence-corrected chi connectivity index (χ0v) is 14.0. The largest absolute Gasteiger partial charge is 0.385 e. The topological polar surface area (TPSA) is 58.2 Å². The van der Waals surface area contributed by atoms with Crippen molar-refractivity contribution in [3.63, 3.8) is 0 Å². The van der Waals surface area contributed by atoms with Crippen LogP contribution in [0.3, 0.4) is 0 Å². The minimum atomic E-state index is -3.40. The van der Waals surface area contributed by atoms with E-state index in [1.54, 1.807) is 12.1 Å². The van der Waals surface area contributed by atoms with Crippen LogP contribution >= 0.6 is 0 Å². The zero-order valence-electron chi connectivity index (χ0n) is 13.1. The molecule has 1 aromatic carbocycles. The summed E-state index contributed by atoms with van der Waals surface area (Å²) in [5, 5.41) is 3.24. The Morgan fingerprint density at radius 3 is 2.29 bits per heavy atom. The van der Waals surface area contributed by atoms with Crippen LogP contribution in [0.5, 0.6) is 0 Å². The highest BCUT2D eigenvalue weighted by Gasteiger charge is 2.45. The van der Waals surface area contributed by atoms with Crippen LogP contribution in [0.4, 0.5) is 5.69 Å². The van der Waals surface area contributed by atoms with Crippen molar-refractivity contribution in [2.45, 2.75) is 44.9 Å². The van der Waals surface area contributed by atoms with E-state index < -0.39 is 10.0 Å². The van der Waals surface area contributed by atoms with Crippen molar-refractivity contribution in [2.24, 2.45) is 11.3 Å². The summed E-state index contributed by atoms with van der Waals surface area (Å²) >= 11 is 0. The lowest BCUT2D eigenvalue weighted by Gasteiger charge is -2.20. The van der Waals surface area contributed by atoms with Gasteiger partial charge in [0.1, 0.15) is 0 Å². The lowest BCUT2D eigenvalue weighted by Crippen LogP contribution is -2.32. The van der Waals surface area contributed by atoms with Gasteiger partial charge in [-0.25, -0.2) is 13.1 Å². The fourth-order valence-electron chi connectivity index (χ4n) is 2.46. The second-order valence-corrected chi connectivity index (χ2v) is 8.06. The Labute approximate surface area is 128 Å². The van der Waals surface area contributed by atoms with E-state index >= 15 is 0 Å². The van der Waals surface area contributed by atoms with Crippen LogP contribution in [0.1, 0.15) is 40.0 Å². The summed E-state index contributed by atoms with van der Waals surface area (Å²) in [6.45, 7) is 7.85. The van der Waals surface area contributed by atoms with Gasteiger partial charge in [-0.05, 0) is 54.9 Å². The number of benzene rings is 1. The lowest BCUT2D eigenvalue weighted by atomic mass is 9.93. The third-order valence-corrected chi connectivity index (χ3v) is 5.89. The first-order valence-electron chi connectivity index (χ1n) is 7.73. The molecule has 0 saturated heterocycles. The number of nitrogens with one attached hydrogen (secondary N) is 2. The van der Waals surface area contributed by atoms with Gasteiger partial charge < -0.3 is 5.32 Å². The predicted molar refractivity (Wildman–Crippen MR) is 86.9 cm³/mol. The van der Waals surface area contributed by atoms with Gasteiger partial charge in [0.05, 0.1) is 4.90 Å². The molecule has 0 aliphatic heterocycles. The Morgan fingerprint density at radius 2 is 1.81 bits per heavy atom. The molecule has 2 N–H and O–H groups in total. The highest BCUT2D eigenvalue weighted by atomic mass is 32.2. The van der Waals surface area contributed by atoms with Crippen LogP contribution in [-0.4, -0.2) is 21.5 Å². The van der Waals surface area contributed by atoms with Gasteiger partial charge in [0.15, 0.2) is 0 Å². The van der Waals surface area contributed by atoms with Gasteiger partial charge in [-0.15, -0.1) is 0 Å². The first kappa shape index (κ1) is 16.3. The van der Waals surface area contributed by atoms with E-state index in [-0.39, 0.29) is 5.41 Å². The molecule has 0 heterocycles. The Balaban J connectivity index is 1.99. The van der Waals surface area contributed by atoms with Gasteiger partial charge in [0, 0.05) is 18.8 Å². The molecule has 0 spiro atoms. The van der Waals surface area contributed by atoms with Crippen LogP contribution in [0.2, 0.25) is 0 Å². The SMILES string of the molecule is CCCNc1ccc(S(=O)(=O)NCC2(C(C)C)CC2)cc1. The highest BCUT2D eigenvalue weighted by Crippen LogP contribution is 2.51. The van der Waals surface area contributed by atoms with Gasteiger partial charge >= 0.3 is 0 Å². The minimum absolute atomic E-state index is 0.176. The second-order valence-electron chi connectivity index (χ2n) is 6.29. The molecule has 118 valence electrons. The third kappa shape index (κ3) is 3.98. The number of hydrogen-bond acceptors (Lipinski definition) is 3. The van der Waals surface area contributed by atoms with E-state index in [0.717, 1.165) is 31.5 Å². The molecule has 4 nitrogen and oxygen atoms in total. The summed E-state index contributed by atoms with van der Waals surface area (Å²) in [7, 11) is -3.40. The quantitative estimate of drug-likeness (QED) is 0.775. The Hall–Kier alpha value is -1.07. The average molecular weight is 310 g/mol. The van der Waals surface area contributed by atoms with Gasteiger partial charge in [-0.1, -0.05) is 20.8 Å². The molecule has 0 radical (unpaired) electrons. The van der Waals surface area contributed by atoms with Gasteiger partial charge in [-0.2, -0.15) is 0 Å². The van der Waals surface area contributed by atoms with Crippen LogP contribution in [-0.2, 0) is 10.0 Å². The van der Waals surface area contributed by atoms with Crippen LogP contribution in [0, 0.1) is 11.3 Å². The molecular weight excluding hydrogens is 284 g/mol. The predicted octanol–water partition coefficient (Wildman–Crippen LogP) is 3.22. The first-order valence-corrected chi connectivity index (χ1v) is 9.21. The minimum Gasteiger partial charge on any atom is -0.385 e. The summed E-state index contributed by atoms with van der Waals surface area (Å²) in [5.41, 5.74) is 1.13. The van der Waals surface area contributed by atoms with E-state index in [4.69, 9.17) is 0 Å². The molecule has 1 aliphatic rings. The van der Waals surface area contributed by atoms with E-state index in [1.807, 2.05) is 12.1 Å². The number of hydrogen-bond donors (Lipinski definition) is 2. The van der Waals surface area contributed by atoms with E-state index in [2.05, 4.69) is 30.8 Å². The summed E-state index contributed by atoms with van der Waals surface area (Å²) in [5.74, 6) is 0.515. The van der Waals surface area contributed by atoms with Crippen LogP contribution in [0.15, 0.2) is 29.2 Å². The molecule has 1 aliphatic carbocycles. The zero-order chi connectivity index (χ0) is 15.5. The maximum absolute atomic E-state index is 12.3. The third-order valence-electron chi connectivity index (χ3n) is 4.47. The van der Waals surface area contributed by atoms with E-state index in [0.29, 0.717) is 17.4 Å². The second kappa shape index (κ2) is 6.36. The smallest absolute Gasteiger partial charge is 0.240 e. The van der Waals surface area contributed by atoms with Crippen molar-refractivity contribution in [1.29, 1.82) is 0 Å². The standard InChI is InChI=1S/C16H26N2O2S/c1-4-11-17-14-5-7-15(8-6-14)21(19,20)18-12-16(9-10-16)13(2)3/h5-8,13,17-18H,4,9-12H2,1-3H3. The Kier molecular flexibility index (Phi) is 4.94. The summed E-state index contributed by atoms with van der Waals surface area (Å²) in [6, 6.07) is 6.96. The van der Waals surface area contributed by atoms with Crippen molar-refractivity contribution in [1.82, 2.24) is 4.72 Å². The molecule has 0 atom stereocenters. The van der Waals surface area contributed by atoms with Crippen LogP contribution in [0.25, 0.3) is 0 Å². The summed E-state index contributed by atoms with van der Waals surface area (Å²) < 4.78 is 27.4. The molecule has 1 aromatic rings. The fraction of sp³-hybridized carbons (Fsp3) is 0.625. The number of rotatable bonds is 8. The molecule has 0 amide bonds. The first-order chi connectivity index (χ1) is 9.89. The fourth-order valence-corrected chi connectivity index (χ4v) is 3.60. The molecule has 0 unspecified atom stereocenters. The molecule has 5 heteroatoms. The van der Waals surface area contributed by atoms with E-state index in [9.17, 15) is 8.42 Å². The summed E-state index contributed by atoms with van der Waals surface area (Å²) in [4.78, 5) is 0.337. The Morgan fingerprint density at radius 1 is 1.19 bits per heavy atom. The van der Waals surface area contributed by atoms with Gasteiger partial charge in [0.2, 0.25) is 10.0 Å². The van der Waals surface area contributed by atoms with Crippen molar-refractivity contribution < 1.29 is 8.42 Å². The maximum atomic E-state index is 12.3. The summed E-state index contributed by atoms with van der Waals surface area (Å²) in [6.07, 6.45) is 3.28. The highest BCUT2D eigenvalue weighted by molar-refractivity contribution is 7.89. The molecule has 0 aromatic heterocycles.